The van der Waals surface area contributed by atoms with Gasteiger partial charge in [-0.1, -0.05) is 31.9 Å². The minimum Gasteiger partial charge on any atom is -0.300 e. The van der Waals surface area contributed by atoms with E-state index in [0.29, 0.717) is 22.5 Å². The molecule has 6 atom stereocenters. The second-order valence-electron chi connectivity index (χ2n) is 9.25. The number of carbonyl (C=O) groups excluding carboxylic acids is 1. The van der Waals surface area contributed by atoms with Crippen molar-refractivity contribution < 1.29 is 4.79 Å². The van der Waals surface area contributed by atoms with Crippen molar-refractivity contribution >= 4 is 5.78 Å². The molecule has 0 bridgehead atoms. The molecule has 0 heterocycles. The molecule has 0 N–H and O–H groups in total. The molecule has 22 heavy (non-hydrogen) atoms. The van der Waals surface area contributed by atoms with E-state index in [1.165, 1.54) is 51.4 Å². The highest BCUT2D eigenvalue weighted by Crippen LogP contribution is 2.66. The standard InChI is InChI=1S/C21H32O/c1-14(22)17-9-10-18-16-8-7-15-6-4-5-12-20(15,2)19(16)11-13-21(17,18)3/h7,16-19H,4-6,8-13H2,1-3H3. The summed E-state index contributed by atoms with van der Waals surface area (Å²) in [6, 6.07) is 0. The third-order valence-electron chi connectivity index (χ3n) is 8.51. The zero-order chi connectivity index (χ0) is 15.5. The summed E-state index contributed by atoms with van der Waals surface area (Å²) in [6.07, 6.45) is 14.7. The topological polar surface area (TPSA) is 17.1 Å². The number of hydrogen-bond donors (Lipinski definition) is 0. The molecular weight excluding hydrogens is 268 g/mol. The summed E-state index contributed by atoms with van der Waals surface area (Å²) in [4.78, 5) is 12.1. The first-order chi connectivity index (χ1) is 10.5. The molecule has 6 unspecified atom stereocenters. The first kappa shape index (κ1) is 15.0. The Hall–Kier alpha value is -0.590. The van der Waals surface area contributed by atoms with Crippen LogP contribution >= 0.6 is 0 Å². The molecule has 0 aromatic carbocycles. The quantitative estimate of drug-likeness (QED) is 0.581. The fraction of sp³-hybridized carbons (Fsp3) is 0.857. The molecule has 4 aliphatic carbocycles. The van der Waals surface area contributed by atoms with Crippen LogP contribution in [-0.2, 0) is 4.79 Å². The molecule has 3 fully saturated rings. The van der Waals surface area contributed by atoms with Gasteiger partial charge in [-0.3, -0.25) is 4.79 Å². The molecule has 0 aliphatic heterocycles. The van der Waals surface area contributed by atoms with Gasteiger partial charge in [0.1, 0.15) is 5.78 Å². The molecule has 3 saturated carbocycles. The van der Waals surface area contributed by atoms with Crippen LogP contribution in [0.4, 0.5) is 0 Å². The molecular formula is C21H32O. The molecule has 1 heteroatoms. The number of rotatable bonds is 1. The van der Waals surface area contributed by atoms with Crippen LogP contribution in [0, 0.1) is 34.5 Å². The molecule has 122 valence electrons. The summed E-state index contributed by atoms with van der Waals surface area (Å²) >= 11 is 0. The normalized spacial score (nSPS) is 50.6. The number of allylic oxidation sites excluding steroid dienone is 2. The van der Waals surface area contributed by atoms with E-state index in [4.69, 9.17) is 0 Å². The van der Waals surface area contributed by atoms with Crippen molar-refractivity contribution in [3.05, 3.63) is 11.6 Å². The first-order valence-electron chi connectivity index (χ1n) is 9.67. The van der Waals surface area contributed by atoms with Crippen LogP contribution in [-0.4, -0.2) is 5.78 Å². The van der Waals surface area contributed by atoms with Crippen molar-refractivity contribution in [2.24, 2.45) is 34.5 Å². The smallest absolute Gasteiger partial charge is 0.133 e. The van der Waals surface area contributed by atoms with Gasteiger partial charge < -0.3 is 0 Å². The van der Waals surface area contributed by atoms with E-state index in [-0.39, 0.29) is 0 Å². The molecule has 4 rings (SSSR count). The van der Waals surface area contributed by atoms with E-state index >= 15 is 0 Å². The van der Waals surface area contributed by atoms with Crippen LogP contribution in [0.1, 0.15) is 78.6 Å². The Kier molecular flexibility index (Phi) is 3.37. The van der Waals surface area contributed by atoms with Crippen LogP contribution in [0.15, 0.2) is 11.6 Å². The first-order valence-corrected chi connectivity index (χ1v) is 9.67. The summed E-state index contributed by atoms with van der Waals surface area (Å²) in [5.74, 6) is 3.37. The van der Waals surface area contributed by atoms with Crippen molar-refractivity contribution in [1.29, 1.82) is 0 Å². The molecule has 0 amide bonds. The van der Waals surface area contributed by atoms with Crippen LogP contribution in [0.3, 0.4) is 0 Å². The number of hydrogen-bond acceptors (Lipinski definition) is 1. The lowest BCUT2D eigenvalue weighted by Crippen LogP contribution is -2.50. The molecule has 0 spiro atoms. The van der Waals surface area contributed by atoms with Gasteiger partial charge in [-0.15, -0.1) is 0 Å². The minimum atomic E-state index is 0.309. The summed E-state index contributed by atoms with van der Waals surface area (Å²) in [5.41, 5.74) is 2.60. The van der Waals surface area contributed by atoms with Crippen LogP contribution < -0.4 is 0 Å². The number of fused-ring (bicyclic) bond motifs is 5. The monoisotopic (exact) mass is 300 g/mol. The summed E-state index contributed by atoms with van der Waals surface area (Å²) in [6.45, 7) is 6.87. The second-order valence-corrected chi connectivity index (χ2v) is 9.25. The van der Waals surface area contributed by atoms with E-state index in [0.717, 1.165) is 24.2 Å². The molecule has 0 aromatic rings. The average Bonchev–Trinajstić information content (AvgIpc) is 2.84. The van der Waals surface area contributed by atoms with E-state index in [1.807, 2.05) is 6.92 Å². The van der Waals surface area contributed by atoms with Crippen molar-refractivity contribution in [3.8, 4) is 0 Å². The third kappa shape index (κ3) is 1.86. The average molecular weight is 300 g/mol. The fourth-order valence-electron chi connectivity index (χ4n) is 7.37. The molecule has 0 radical (unpaired) electrons. The highest BCUT2D eigenvalue weighted by Gasteiger charge is 2.58. The number of Topliss-reactive ketones (excluding diaryl/α,β-unsaturated/α-hetero) is 1. The van der Waals surface area contributed by atoms with Gasteiger partial charge in [0, 0.05) is 5.92 Å². The predicted octanol–water partition coefficient (Wildman–Crippen LogP) is 5.54. The molecule has 0 saturated heterocycles. The van der Waals surface area contributed by atoms with Crippen molar-refractivity contribution in [1.82, 2.24) is 0 Å². The van der Waals surface area contributed by atoms with Crippen LogP contribution in [0.25, 0.3) is 0 Å². The lowest BCUT2D eigenvalue weighted by Gasteiger charge is -2.57. The Labute approximate surface area is 135 Å². The summed E-state index contributed by atoms with van der Waals surface area (Å²) in [5, 5.41) is 0. The van der Waals surface area contributed by atoms with Crippen LogP contribution in [0.5, 0.6) is 0 Å². The van der Waals surface area contributed by atoms with E-state index in [2.05, 4.69) is 19.9 Å². The van der Waals surface area contributed by atoms with Gasteiger partial charge in [0.15, 0.2) is 0 Å². The van der Waals surface area contributed by atoms with Gasteiger partial charge in [-0.25, -0.2) is 0 Å². The Balaban J connectivity index is 1.68. The Bertz CT molecular complexity index is 518. The van der Waals surface area contributed by atoms with E-state index in [1.54, 1.807) is 5.57 Å². The van der Waals surface area contributed by atoms with Gasteiger partial charge in [-0.05, 0) is 86.9 Å². The highest BCUT2D eigenvalue weighted by atomic mass is 16.1. The molecule has 1 nitrogen and oxygen atoms in total. The van der Waals surface area contributed by atoms with Crippen molar-refractivity contribution in [2.75, 3.05) is 0 Å². The Morgan fingerprint density at radius 2 is 1.91 bits per heavy atom. The maximum atomic E-state index is 12.1. The largest absolute Gasteiger partial charge is 0.300 e. The minimum absolute atomic E-state index is 0.309. The highest BCUT2D eigenvalue weighted by molar-refractivity contribution is 5.79. The van der Waals surface area contributed by atoms with E-state index in [9.17, 15) is 4.79 Å². The lowest BCUT2D eigenvalue weighted by atomic mass is 9.47. The predicted molar refractivity (Wildman–Crippen MR) is 90.5 cm³/mol. The lowest BCUT2D eigenvalue weighted by molar-refractivity contribution is -0.127. The molecule has 0 aromatic heterocycles. The summed E-state index contributed by atoms with van der Waals surface area (Å²) < 4.78 is 0. The maximum absolute atomic E-state index is 12.1. The van der Waals surface area contributed by atoms with Gasteiger partial charge in [0.2, 0.25) is 0 Å². The Morgan fingerprint density at radius 1 is 1.09 bits per heavy atom. The Morgan fingerprint density at radius 3 is 2.68 bits per heavy atom. The second kappa shape index (κ2) is 4.95. The maximum Gasteiger partial charge on any atom is 0.133 e. The van der Waals surface area contributed by atoms with E-state index < -0.39 is 0 Å². The zero-order valence-electron chi connectivity index (χ0n) is 14.7. The number of carbonyl (C=O) groups is 1. The van der Waals surface area contributed by atoms with Gasteiger partial charge >= 0.3 is 0 Å². The zero-order valence-corrected chi connectivity index (χ0v) is 14.7. The van der Waals surface area contributed by atoms with Crippen molar-refractivity contribution in [2.45, 2.75) is 78.6 Å². The fourth-order valence-corrected chi connectivity index (χ4v) is 7.37. The third-order valence-corrected chi connectivity index (χ3v) is 8.51. The number of ketones is 1. The van der Waals surface area contributed by atoms with Gasteiger partial charge in [-0.2, -0.15) is 0 Å². The molecule has 4 aliphatic rings. The van der Waals surface area contributed by atoms with Gasteiger partial charge in [0.25, 0.3) is 0 Å². The van der Waals surface area contributed by atoms with Gasteiger partial charge in [0.05, 0.1) is 0 Å². The summed E-state index contributed by atoms with van der Waals surface area (Å²) in [7, 11) is 0. The van der Waals surface area contributed by atoms with Crippen molar-refractivity contribution in [3.63, 3.8) is 0 Å². The SMILES string of the molecule is CC(=O)C1CCC2C3CC=C4CCCCC4(C)C3CCC12C. The van der Waals surface area contributed by atoms with Crippen LogP contribution in [0.2, 0.25) is 0 Å².